The van der Waals surface area contributed by atoms with Gasteiger partial charge in [0.25, 0.3) is 5.69 Å². The number of rotatable bonds is 2. The van der Waals surface area contributed by atoms with Crippen LogP contribution in [0.2, 0.25) is 0 Å². The Morgan fingerprint density at radius 2 is 2.25 bits per heavy atom. The molecule has 0 atom stereocenters. The van der Waals surface area contributed by atoms with Crippen molar-refractivity contribution in [3.63, 3.8) is 0 Å². The second-order valence-corrected chi connectivity index (χ2v) is 4.18. The van der Waals surface area contributed by atoms with Gasteiger partial charge in [0, 0.05) is 12.1 Å². The smallest absolute Gasteiger partial charge is 0.273 e. The Morgan fingerprint density at radius 3 is 2.94 bits per heavy atom. The van der Waals surface area contributed by atoms with E-state index in [2.05, 4.69) is 4.90 Å². The van der Waals surface area contributed by atoms with Crippen LogP contribution in [0.15, 0.2) is 18.2 Å². The highest BCUT2D eigenvalue weighted by atomic mass is 16.6. The zero-order valence-corrected chi connectivity index (χ0v) is 8.76. The maximum absolute atomic E-state index is 10.7. The summed E-state index contributed by atoms with van der Waals surface area (Å²) >= 11 is 0. The molecule has 1 heterocycles. The third-order valence-electron chi connectivity index (χ3n) is 3.04. The first-order valence-corrected chi connectivity index (χ1v) is 5.43. The van der Waals surface area contributed by atoms with Gasteiger partial charge in [0.15, 0.2) is 0 Å². The molecule has 0 amide bonds. The number of nitro groups is 1. The van der Waals surface area contributed by atoms with Crippen LogP contribution in [0.1, 0.15) is 12.8 Å². The van der Waals surface area contributed by atoms with Gasteiger partial charge in [-0.15, -0.1) is 0 Å². The predicted molar refractivity (Wildman–Crippen MR) is 59.0 cm³/mol. The van der Waals surface area contributed by atoms with Crippen molar-refractivity contribution in [2.24, 2.45) is 0 Å². The molecule has 5 heteroatoms. The van der Waals surface area contributed by atoms with Crippen LogP contribution in [0.25, 0.3) is 0 Å². The van der Waals surface area contributed by atoms with E-state index >= 15 is 0 Å². The number of hydrogen-bond acceptors (Lipinski definition) is 4. The van der Waals surface area contributed by atoms with Crippen molar-refractivity contribution in [3.05, 3.63) is 28.3 Å². The summed E-state index contributed by atoms with van der Waals surface area (Å²) in [6, 6.07) is 5.47. The number of nitrogens with zero attached hydrogens (tertiary/aromatic N) is 2. The molecule has 0 saturated heterocycles. The normalized spacial score (nSPS) is 18.9. The van der Waals surface area contributed by atoms with Gasteiger partial charge in [-0.1, -0.05) is 0 Å². The molecule has 1 aliphatic heterocycles. The fourth-order valence-corrected chi connectivity index (χ4v) is 2.11. The molecule has 1 aromatic rings. The lowest BCUT2D eigenvalue weighted by molar-refractivity contribution is -0.384. The number of non-ortho nitro benzene ring substituents is 1. The van der Waals surface area contributed by atoms with E-state index < -0.39 is 0 Å². The van der Waals surface area contributed by atoms with E-state index in [1.807, 2.05) is 0 Å². The second-order valence-electron chi connectivity index (χ2n) is 4.18. The first-order valence-electron chi connectivity index (χ1n) is 5.43. The first-order chi connectivity index (χ1) is 7.75. The zero-order valence-electron chi connectivity index (χ0n) is 8.76. The minimum atomic E-state index is -0.389. The average Bonchev–Trinajstić information content (AvgIpc) is 3.11. The van der Waals surface area contributed by atoms with Gasteiger partial charge in [0.05, 0.1) is 23.2 Å². The largest absolute Gasteiger partial charge is 0.489 e. The van der Waals surface area contributed by atoms with Crippen LogP contribution in [0.3, 0.4) is 0 Å². The van der Waals surface area contributed by atoms with Crippen LogP contribution >= 0.6 is 0 Å². The third-order valence-corrected chi connectivity index (χ3v) is 3.04. The Kier molecular flexibility index (Phi) is 1.99. The summed E-state index contributed by atoms with van der Waals surface area (Å²) < 4.78 is 5.48. The lowest BCUT2D eigenvalue weighted by atomic mass is 10.2. The molecule has 1 aliphatic carbocycles. The third kappa shape index (κ3) is 1.48. The number of benzene rings is 1. The molecule has 0 spiro atoms. The van der Waals surface area contributed by atoms with E-state index in [0.29, 0.717) is 18.4 Å². The Balaban J connectivity index is 1.99. The topological polar surface area (TPSA) is 55.6 Å². The van der Waals surface area contributed by atoms with Crippen molar-refractivity contribution in [2.45, 2.75) is 18.9 Å². The van der Waals surface area contributed by atoms with Crippen LogP contribution in [-0.2, 0) is 0 Å². The van der Waals surface area contributed by atoms with Crippen molar-refractivity contribution in [1.29, 1.82) is 0 Å². The fourth-order valence-electron chi connectivity index (χ4n) is 2.11. The van der Waals surface area contributed by atoms with Gasteiger partial charge in [-0.3, -0.25) is 10.1 Å². The minimum Gasteiger partial charge on any atom is -0.489 e. The van der Waals surface area contributed by atoms with Gasteiger partial charge < -0.3 is 9.64 Å². The van der Waals surface area contributed by atoms with Crippen LogP contribution in [-0.4, -0.2) is 24.1 Å². The fraction of sp³-hybridized carbons (Fsp3) is 0.455. The van der Waals surface area contributed by atoms with Crippen LogP contribution in [0, 0.1) is 10.1 Å². The van der Waals surface area contributed by atoms with Crippen LogP contribution in [0.4, 0.5) is 11.4 Å². The highest BCUT2D eigenvalue weighted by Crippen LogP contribution is 2.40. The molecule has 16 heavy (non-hydrogen) atoms. The SMILES string of the molecule is O=[N+]([O-])c1ccc2c(c1)OCCN2C1CC1. The predicted octanol–water partition coefficient (Wildman–Crippen LogP) is 1.96. The number of hydrogen-bond donors (Lipinski definition) is 0. The molecule has 84 valence electrons. The van der Waals surface area contributed by atoms with Gasteiger partial charge in [-0.25, -0.2) is 0 Å². The van der Waals surface area contributed by atoms with Crippen LogP contribution < -0.4 is 9.64 Å². The molecular weight excluding hydrogens is 208 g/mol. The molecule has 0 N–H and O–H groups in total. The lowest BCUT2D eigenvalue weighted by Gasteiger charge is -2.31. The van der Waals surface area contributed by atoms with E-state index in [4.69, 9.17) is 4.74 Å². The standard InChI is InChI=1S/C11H12N2O3/c14-13(15)9-3-4-10-11(7-9)16-6-5-12(10)8-1-2-8/h3-4,7-8H,1-2,5-6H2. The maximum Gasteiger partial charge on any atom is 0.273 e. The van der Waals surface area contributed by atoms with Crippen molar-refractivity contribution in [3.8, 4) is 5.75 Å². The van der Waals surface area contributed by atoms with Crippen molar-refractivity contribution < 1.29 is 9.66 Å². The Hall–Kier alpha value is -1.78. The number of anilines is 1. The molecule has 3 rings (SSSR count). The van der Waals surface area contributed by atoms with Crippen molar-refractivity contribution >= 4 is 11.4 Å². The van der Waals surface area contributed by atoms with Crippen LogP contribution in [0.5, 0.6) is 5.75 Å². The number of fused-ring (bicyclic) bond motifs is 1. The van der Waals surface area contributed by atoms with Crippen molar-refractivity contribution in [1.82, 2.24) is 0 Å². The Bertz CT molecular complexity index is 443. The summed E-state index contributed by atoms with van der Waals surface area (Å²) in [6.45, 7) is 1.50. The molecule has 0 unspecified atom stereocenters. The average molecular weight is 220 g/mol. The zero-order chi connectivity index (χ0) is 11.1. The van der Waals surface area contributed by atoms with E-state index in [0.717, 1.165) is 12.2 Å². The van der Waals surface area contributed by atoms with Gasteiger partial charge in [-0.05, 0) is 18.9 Å². The number of nitro benzene ring substituents is 1. The molecule has 0 bridgehead atoms. The minimum absolute atomic E-state index is 0.0939. The van der Waals surface area contributed by atoms with E-state index in [-0.39, 0.29) is 10.6 Å². The Labute approximate surface area is 92.8 Å². The van der Waals surface area contributed by atoms with E-state index in [1.165, 1.54) is 18.9 Å². The molecule has 1 fully saturated rings. The molecule has 1 aromatic carbocycles. The molecule has 0 radical (unpaired) electrons. The summed E-state index contributed by atoms with van der Waals surface area (Å²) in [4.78, 5) is 12.6. The highest BCUT2D eigenvalue weighted by Gasteiger charge is 2.33. The lowest BCUT2D eigenvalue weighted by Crippen LogP contribution is -2.34. The molecule has 0 aromatic heterocycles. The summed E-state index contributed by atoms with van der Waals surface area (Å²) in [7, 11) is 0. The summed E-state index contributed by atoms with van der Waals surface area (Å²) in [6.07, 6.45) is 2.44. The Morgan fingerprint density at radius 1 is 1.44 bits per heavy atom. The van der Waals surface area contributed by atoms with Gasteiger partial charge in [0.1, 0.15) is 12.4 Å². The quantitative estimate of drug-likeness (QED) is 0.564. The van der Waals surface area contributed by atoms with Gasteiger partial charge in [0.2, 0.25) is 0 Å². The number of ether oxygens (including phenoxy) is 1. The highest BCUT2D eigenvalue weighted by molar-refractivity contribution is 5.64. The summed E-state index contributed by atoms with van der Waals surface area (Å²) in [5.74, 6) is 0.646. The summed E-state index contributed by atoms with van der Waals surface area (Å²) in [5.41, 5.74) is 1.09. The molecule has 5 nitrogen and oxygen atoms in total. The molecule has 1 saturated carbocycles. The van der Waals surface area contributed by atoms with E-state index in [9.17, 15) is 10.1 Å². The van der Waals surface area contributed by atoms with E-state index in [1.54, 1.807) is 12.1 Å². The second kappa shape index (κ2) is 3.37. The van der Waals surface area contributed by atoms with Crippen molar-refractivity contribution in [2.75, 3.05) is 18.1 Å². The monoisotopic (exact) mass is 220 g/mol. The molecule has 2 aliphatic rings. The maximum atomic E-state index is 10.7. The van der Waals surface area contributed by atoms with Gasteiger partial charge in [-0.2, -0.15) is 0 Å². The van der Waals surface area contributed by atoms with Gasteiger partial charge >= 0.3 is 0 Å². The summed E-state index contributed by atoms with van der Waals surface area (Å²) in [5, 5.41) is 10.7. The first kappa shape index (κ1) is 9.45. The molecular formula is C11H12N2O3.